The molecule has 0 aromatic carbocycles. The lowest BCUT2D eigenvalue weighted by atomic mass is 9.56. The van der Waals surface area contributed by atoms with Gasteiger partial charge in [0.2, 0.25) is 0 Å². The summed E-state index contributed by atoms with van der Waals surface area (Å²) in [6.45, 7) is 9.74. The van der Waals surface area contributed by atoms with E-state index in [1.54, 1.807) is 7.11 Å². The minimum absolute atomic E-state index is 0.238. The molecule has 7 atom stereocenters. The maximum Gasteiger partial charge on any atom is 0.146 e. The predicted molar refractivity (Wildman–Crippen MR) is 109 cm³/mol. The van der Waals surface area contributed by atoms with Gasteiger partial charge in [-0.2, -0.15) is 0 Å². The number of fused-ring (bicyclic) bond motifs is 2. The van der Waals surface area contributed by atoms with Crippen molar-refractivity contribution >= 4 is 5.78 Å². The first-order valence-corrected chi connectivity index (χ1v) is 11.4. The maximum absolute atomic E-state index is 12.3. The molecule has 0 aliphatic heterocycles. The molecule has 3 nitrogen and oxygen atoms in total. The van der Waals surface area contributed by atoms with E-state index in [1.165, 1.54) is 51.4 Å². The van der Waals surface area contributed by atoms with Gasteiger partial charge in [-0.05, 0) is 93.3 Å². The van der Waals surface area contributed by atoms with Crippen LogP contribution in [0.1, 0.15) is 91.9 Å². The highest BCUT2D eigenvalue weighted by Crippen LogP contribution is 2.57. The fraction of sp³-hybridized carbons (Fsp3) is 0.958. The average molecular weight is 379 g/mol. The number of ether oxygens (including phenoxy) is 2. The van der Waals surface area contributed by atoms with Crippen molar-refractivity contribution in [3.63, 3.8) is 0 Å². The fourth-order valence-corrected chi connectivity index (χ4v) is 7.09. The lowest BCUT2D eigenvalue weighted by Gasteiger charge is -2.50. The Morgan fingerprint density at radius 1 is 0.963 bits per heavy atom. The summed E-state index contributed by atoms with van der Waals surface area (Å²) in [7, 11) is 1.71. The van der Waals surface area contributed by atoms with E-state index < -0.39 is 0 Å². The Kier molecular flexibility index (Phi) is 6.73. The van der Waals surface area contributed by atoms with Crippen molar-refractivity contribution in [1.29, 1.82) is 0 Å². The topological polar surface area (TPSA) is 35.5 Å². The zero-order valence-corrected chi connectivity index (χ0v) is 18.4. The van der Waals surface area contributed by atoms with Crippen molar-refractivity contribution in [3.8, 4) is 0 Å². The summed E-state index contributed by atoms with van der Waals surface area (Å²) in [5.41, 5.74) is 0.655. The number of carbonyl (C=O) groups excluding carboxylic acids is 1. The van der Waals surface area contributed by atoms with E-state index in [4.69, 9.17) is 9.47 Å². The van der Waals surface area contributed by atoms with Gasteiger partial charge in [0.1, 0.15) is 12.6 Å². The Morgan fingerprint density at radius 3 is 2.37 bits per heavy atom. The molecule has 0 bridgehead atoms. The molecular weight excluding hydrogens is 336 g/mol. The molecule has 0 amide bonds. The summed E-state index contributed by atoms with van der Waals surface area (Å²) in [6.07, 6.45) is 12.8. The molecule has 156 valence electrons. The van der Waals surface area contributed by atoms with Crippen molar-refractivity contribution < 1.29 is 14.3 Å². The molecule has 0 N–H and O–H groups in total. The van der Waals surface area contributed by atoms with Crippen molar-refractivity contribution in [2.45, 2.75) is 98.0 Å². The highest BCUT2D eigenvalue weighted by molar-refractivity contribution is 5.79. The molecule has 3 saturated carbocycles. The molecular formula is C24H42O3. The highest BCUT2D eigenvalue weighted by Gasteiger charge is 2.50. The van der Waals surface area contributed by atoms with E-state index in [0.29, 0.717) is 30.0 Å². The molecule has 3 rings (SSSR count). The van der Waals surface area contributed by atoms with Gasteiger partial charge in [-0.1, -0.05) is 27.2 Å². The van der Waals surface area contributed by atoms with Crippen LogP contribution in [-0.4, -0.2) is 25.8 Å². The minimum Gasteiger partial charge on any atom is -0.359 e. The van der Waals surface area contributed by atoms with Crippen molar-refractivity contribution in [2.75, 3.05) is 13.9 Å². The first-order valence-electron chi connectivity index (χ1n) is 11.4. The number of ketones is 1. The Hall–Kier alpha value is -0.410. The lowest BCUT2D eigenvalue weighted by molar-refractivity contribution is -0.125. The third-order valence-corrected chi connectivity index (χ3v) is 9.28. The van der Waals surface area contributed by atoms with Crippen LogP contribution in [0.4, 0.5) is 0 Å². The van der Waals surface area contributed by atoms with Gasteiger partial charge in [-0.3, -0.25) is 4.79 Å². The molecule has 3 aliphatic carbocycles. The summed E-state index contributed by atoms with van der Waals surface area (Å²) >= 11 is 0. The lowest BCUT2D eigenvalue weighted by Crippen LogP contribution is -2.43. The Bertz CT molecular complexity index is 518. The Morgan fingerprint density at radius 2 is 1.67 bits per heavy atom. The number of carbonyl (C=O) groups is 1. The van der Waals surface area contributed by atoms with Gasteiger partial charge in [-0.15, -0.1) is 0 Å². The predicted octanol–water partition coefficient (Wildman–Crippen LogP) is 6.00. The summed E-state index contributed by atoms with van der Waals surface area (Å²) in [4.78, 5) is 12.3. The second kappa shape index (κ2) is 8.53. The van der Waals surface area contributed by atoms with Gasteiger partial charge in [0.15, 0.2) is 0 Å². The normalized spacial score (nSPS) is 45.7. The zero-order valence-electron chi connectivity index (χ0n) is 18.4. The molecule has 0 aromatic heterocycles. The van der Waals surface area contributed by atoms with Crippen LogP contribution >= 0.6 is 0 Å². The van der Waals surface area contributed by atoms with Gasteiger partial charge in [0.05, 0.1) is 6.10 Å². The van der Waals surface area contributed by atoms with Crippen LogP contribution in [0.25, 0.3) is 0 Å². The maximum atomic E-state index is 12.3. The van der Waals surface area contributed by atoms with E-state index in [0.717, 1.165) is 30.6 Å². The molecule has 3 aliphatic rings. The van der Waals surface area contributed by atoms with Gasteiger partial charge < -0.3 is 9.47 Å². The van der Waals surface area contributed by atoms with Crippen LogP contribution in [0.3, 0.4) is 0 Å². The summed E-state index contributed by atoms with van der Waals surface area (Å²) in [5, 5.41) is 0. The summed E-state index contributed by atoms with van der Waals surface area (Å²) in [6, 6.07) is 0. The SMILES string of the molecule is COCO[C@H]1CC[C@]2(C)C(C)CC[C@@]3(C)C(CCCC2C1)CCC3C(C)=O. The summed E-state index contributed by atoms with van der Waals surface area (Å²) in [5.74, 6) is 2.96. The van der Waals surface area contributed by atoms with Crippen LogP contribution in [0.15, 0.2) is 0 Å². The van der Waals surface area contributed by atoms with Crippen LogP contribution in [0, 0.1) is 34.5 Å². The zero-order chi connectivity index (χ0) is 19.7. The minimum atomic E-state index is 0.238. The largest absolute Gasteiger partial charge is 0.359 e. The first-order chi connectivity index (χ1) is 12.8. The molecule has 3 fully saturated rings. The number of rotatable bonds is 4. The molecule has 0 radical (unpaired) electrons. The standard InChI is InChI=1S/C24H42O3/c1-17-11-13-24(4)19(9-10-22(24)18(2)25)7-6-8-20-15-21(27-16-26-5)12-14-23(17,20)3/h17,19-22H,6-16H2,1-5H3/t17?,19?,20?,21-,22?,23+,24-/m0/s1. The molecule has 0 saturated heterocycles. The van der Waals surface area contributed by atoms with Crippen molar-refractivity contribution in [2.24, 2.45) is 34.5 Å². The number of hydrogen-bond donors (Lipinski definition) is 0. The van der Waals surface area contributed by atoms with E-state index in [2.05, 4.69) is 20.8 Å². The second-order valence-electron chi connectivity index (χ2n) is 10.5. The summed E-state index contributed by atoms with van der Waals surface area (Å²) < 4.78 is 11.1. The van der Waals surface area contributed by atoms with Crippen LogP contribution in [0.5, 0.6) is 0 Å². The number of methoxy groups -OCH3 is 1. The van der Waals surface area contributed by atoms with E-state index in [-0.39, 0.29) is 5.41 Å². The Labute approximate surface area is 167 Å². The molecule has 27 heavy (non-hydrogen) atoms. The number of Topliss-reactive ketones (excluding diaryl/α,β-unsaturated/α-hetero) is 1. The molecule has 0 aromatic rings. The molecule has 0 heterocycles. The van der Waals surface area contributed by atoms with E-state index in [1.807, 2.05) is 6.92 Å². The van der Waals surface area contributed by atoms with Crippen molar-refractivity contribution in [1.82, 2.24) is 0 Å². The van der Waals surface area contributed by atoms with Gasteiger partial charge in [-0.25, -0.2) is 0 Å². The monoisotopic (exact) mass is 378 g/mol. The quantitative estimate of drug-likeness (QED) is 0.562. The molecule has 0 spiro atoms. The second-order valence-corrected chi connectivity index (χ2v) is 10.5. The van der Waals surface area contributed by atoms with Crippen molar-refractivity contribution in [3.05, 3.63) is 0 Å². The smallest absolute Gasteiger partial charge is 0.146 e. The van der Waals surface area contributed by atoms with E-state index in [9.17, 15) is 4.79 Å². The average Bonchev–Trinajstić information content (AvgIpc) is 2.96. The fourth-order valence-electron chi connectivity index (χ4n) is 7.09. The van der Waals surface area contributed by atoms with Gasteiger partial charge >= 0.3 is 0 Å². The number of hydrogen-bond acceptors (Lipinski definition) is 3. The van der Waals surface area contributed by atoms with Gasteiger partial charge in [0, 0.05) is 13.0 Å². The van der Waals surface area contributed by atoms with Crippen LogP contribution < -0.4 is 0 Å². The van der Waals surface area contributed by atoms with Crippen LogP contribution in [0.2, 0.25) is 0 Å². The van der Waals surface area contributed by atoms with Gasteiger partial charge in [0.25, 0.3) is 0 Å². The van der Waals surface area contributed by atoms with E-state index >= 15 is 0 Å². The molecule has 3 heteroatoms. The third-order valence-electron chi connectivity index (χ3n) is 9.28. The first kappa shape index (κ1) is 21.3. The van der Waals surface area contributed by atoms with Crippen LogP contribution in [-0.2, 0) is 14.3 Å². The Balaban J connectivity index is 1.75. The highest BCUT2D eigenvalue weighted by atomic mass is 16.7. The third kappa shape index (κ3) is 4.15. The molecule has 4 unspecified atom stereocenters.